The summed E-state index contributed by atoms with van der Waals surface area (Å²) in [5.41, 5.74) is 4.04. The highest BCUT2D eigenvalue weighted by Gasteiger charge is 2.21. The second-order valence-corrected chi connectivity index (χ2v) is 6.04. The Hall–Kier alpha value is -1.61. The van der Waals surface area contributed by atoms with Crippen LogP contribution in [0.15, 0.2) is 40.9 Å². The summed E-state index contributed by atoms with van der Waals surface area (Å²) in [5, 5.41) is 0. The molecule has 0 bridgehead atoms. The lowest BCUT2D eigenvalue weighted by molar-refractivity contribution is 0.0990. The number of hydrogen-bond acceptors (Lipinski definition) is 2. The zero-order chi connectivity index (χ0) is 14.1. The van der Waals surface area contributed by atoms with Crippen LogP contribution in [0.2, 0.25) is 0 Å². The third kappa shape index (κ3) is 2.63. The van der Waals surface area contributed by atoms with Gasteiger partial charge in [-0.15, -0.1) is 0 Å². The minimum atomic E-state index is 0.105. The number of rotatable bonds is 3. The van der Waals surface area contributed by atoms with E-state index in [2.05, 4.69) is 15.9 Å². The lowest BCUT2D eigenvalue weighted by atomic mass is 9.99. The van der Waals surface area contributed by atoms with Crippen molar-refractivity contribution < 1.29 is 9.53 Å². The molecular formula is C17H15BrO2. The fourth-order valence-corrected chi connectivity index (χ4v) is 2.97. The molecule has 0 fully saturated rings. The fourth-order valence-electron chi connectivity index (χ4n) is 2.46. The minimum Gasteiger partial charge on any atom is -0.492 e. The van der Waals surface area contributed by atoms with Crippen molar-refractivity contribution >= 4 is 21.7 Å². The standard InChI is InChI=1S/C17H15BrO2/c1-11-2-4-12(5-3-11)8-16(19)15-10-14(18)9-13-6-7-20-17(13)15/h2-5,9-10H,6-8H2,1H3. The van der Waals surface area contributed by atoms with Crippen LogP contribution in [0, 0.1) is 6.92 Å². The highest BCUT2D eigenvalue weighted by molar-refractivity contribution is 9.10. The first kappa shape index (κ1) is 13.4. The Labute approximate surface area is 126 Å². The van der Waals surface area contributed by atoms with E-state index in [9.17, 15) is 4.79 Å². The Bertz CT molecular complexity index is 659. The van der Waals surface area contributed by atoms with Gasteiger partial charge in [0.05, 0.1) is 12.2 Å². The predicted octanol–water partition coefficient (Wildman–Crippen LogP) is 4.12. The lowest BCUT2D eigenvalue weighted by Gasteiger charge is -2.08. The van der Waals surface area contributed by atoms with Crippen molar-refractivity contribution in [2.45, 2.75) is 19.8 Å². The summed E-state index contributed by atoms with van der Waals surface area (Å²) >= 11 is 3.47. The first-order valence-corrected chi connectivity index (χ1v) is 7.47. The maximum Gasteiger partial charge on any atom is 0.171 e. The van der Waals surface area contributed by atoms with Crippen LogP contribution in [0.1, 0.15) is 27.0 Å². The van der Waals surface area contributed by atoms with Crippen molar-refractivity contribution in [2.24, 2.45) is 0 Å². The summed E-state index contributed by atoms with van der Waals surface area (Å²) in [6.45, 7) is 2.71. The Balaban J connectivity index is 1.89. The Morgan fingerprint density at radius 2 is 2.00 bits per heavy atom. The van der Waals surface area contributed by atoms with Crippen molar-refractivity contribution in [3.63, 3.8) is 0 Å². The van der Waals surface area contributed by atoms with Crippen LogP contribution in [-0.4, -0.2) is 12.4 Å². The molecule has 0 saturated heterocycles. The van der Waals surface area contributed by atoms with E-state index in [-0.39, 0.29) is 5.78 Å². The zero-order valence-electron chi connectivity index (χ0n) is 11.3. The van der Waals surface area contributed by atoms with E-state index in [4.69, 9.17) is 4.74 Å². The van der Waals surface area contributed by atoms with Gasteiger partial charge >= 0.3 is 0 Å². The summed E-state index contributed by atoms with van der Waals surface area (Å²) in [5.74, 6) is 0.874. The zero-order valence-corrected chi connectivity index (χ0v) is 12.9. The van der Waals surface area contributed by atoms with Gasteiger partial charge in [-0.1, -0.05) is 45.8 Å². The monoisotopic (exact) mass is 330 g/mol. The number of carbonyl (C=O) groups is 1. The van der Waals surface area contributed by atoms with E-state index >= 15 is 0 Å². The highest BCUT2D eigenvalue weighted by Crippen LogP contribution is 2.33. The van der Waals surface area contributed by atoms with Crippen LogP contribution >= 0.6 is 15.9 Å². The molecule has 0 amide bonds. The first-order valence-electron chi connectivity index (χ1n) is 6.67. The number of aryl methyl sites for hydroxylation is 1. The number of ether oxygens (including phenoxy) is 1. The summed E-state index contributed by atoms with van der Waals surface area (Å²) in [4.78, 5) is 12.5. The largest absolute Gasteiger partial charge is 0.492 e. The van der Waals surface area contributed by atoms with Gasteiger partial charge in [-0.3, -0.25) is 4.79 Å². The van der Waals surface area contributed by atoms with E-state index in [1.807, 2.05) is 43.3 Å². The second-order valence-electron chi connectivity index (χ2n) is 5.13. The number of ketones is 1. The van der Waals surface area contributed by atoms with Gasteiger partial charge in [0.2, 0.25) is 0 Å². The van der Waals surface area contributed by atoms with Gasteiger partial charge < -0.3 is 4.74 Å². The van der Waals surface area contributed by atoms with Crippen LogP contribution in [0.3, 0.4) is 0 Å². The maximum atomic E-state index is 12.5. The molecule has 0 aliphatic carbocycles. The van der Waals surface area contributed by atoms with Crippen molar-refractivity contribution in [1.82, 2.24) is 0 Å². The highest BCUT2D eigenvalue weighted by atomic mass is 79.9. The number of benzene rings is 2. The molecule has 1 aliphatic heterocycles. The van der Waals surface area contributed by atoms with Gasteiger partial charge in [-0.05, 0) is 30.2 Å². The van der Waals surface area contributed by atoms with E-state index in [0.29, 0.717) is 18.6 Å². The maximum absolute atomic E-state index is 12.5. The molecular weight excluding hydrogens is 316 g/mol. The smallest absolute Gasteiger partial charge is 0.171 e. The Morgan fingerprint density at radius 1 is 1.25 bits per heavy atom. The molecule has 3 heteroatoms. The van der Waals surface area contributed by atoms with Gasteiger partial charge in [0.25, 0.3) is 0 Å². The van der Waals surface area contributed by atoms with Crippen molar-refractivity contribution in [1.29, 1.82) is 0 Å². The number of carbonyl (C=O) groups excluding carboxylic acids is 1. The van der Waals surface area contributed by atoms with Crippen LogP contribution in [-0.2, 0) is 12.8 Å². The molecule has 2 aromatic carbocycles. The molecule has 0 N–H and O–H groups in total. The molecule has 102 valence electrons. The second kappa shape index (κ2) is 5.41. The molecule has 2 aromatic rings. The molecule has 2 nitrogen and oxygen atoms in total. The number of hydrogen-bond donors (Lipinski definition) is 0. The van der Waals surface area contributed by atoms with E-state index in [1.54, 1.807) is 0 Å². The van der Waals surface area contributed by atoms with E-state index in [1.165, 1.54) is 5.56 Å². The molecule has 20 heavy (non-hydrogen) atoms. The molecule has 1 heterocycles. The van der Waals surface area contributed by atoms with Crippen molar-refractivity contribution in [2.75, 3.05) is 6.61 Å². The average Bonchev–Trinajstić information content (AvgIpc) is 2.88. The number of halogens is 1. The van der Waals surface area contributed by atoms with Crippen LogP contribution in [0.5, 0.6) is 5.75 Å². The summed E-state index contributed by atoms with van der Waals surface area (Å²) < 4.78 is 6.56. The van der Waals surface area contributed by atoms with E-state index < -0.39 is 0 Å². The third-order valence-electron chi connectivity index (χ3n) is 3.53. The molecule has 0 aromatic heterocycles. The van der Waals surface area contributed by atoms with Gasteiger partial charge in [-0.2, -0.15) is 0 Å². The van der Waals surface area contributed by atoms with Gasteiger partial charge in [0.15, 0.2) is 5.78 Å². The summed E-state index contributed by atoms with van der Waals surface area (Å²) in [7, 11) is 0. The number of fused-ring (bicyclic) bond motifs is 1. The predicted molar refractivity (Wildman–Crippen MR) is 82.6 cm³/mol. The molecule has 0 atom stereocenters. The minimum absolute atomic E-state index is 0.105. The van der Waals surface area contributed by atoms with Crippen LogP contribution in [0.25, 0.3) is 0 Å². The molecule has 0 spiro atoms. The molecule has 3 rings (SSSR count). The molecule has 0 saturated carbocycles. The first-order chi connectivity index (χ1) is 9.63. The lowest BCUT2D eigenvalue weighted by Crippen LogP contribution is -2.06. The van der Waals surface area contributed by atoms with Gasteiger partial charge in [-0.25, -0.2) is 0 Å². The van der Waals surface area contributed by atoms with Crippen LogP contribution < -0.4 is 4.74 Å². The Morgan fingerprint density at radius 3 is 2.75 bits per heavy atom. The Kier molecular flexibility index (Phi) is 3.62. The van der Waals surface area contributed by atoms with Crippen molar-refractivity contribution in [3.8, 4) is 5.75 Å². The number of Topliss-reactive ketones (excluding diaryl/α,β-unsaturated/α-hetero) is 1. The molecule has 0 unspecified atom stereocenters. The average molecular weight is 331 g/mol. The van der Waals surface area contributed by atoms with Crippen molar-refractivity contribution in [3.05, 3.63) is 63.1 Å². The van der Waals surface area contributed by atoms with Crippen LogP contribution in [0.4, 0.5) is 0 Å². The topological polar surface area (TPSA) is 26.3 Å². The quantitative estimate of drug-likeness (QED) is 0.791. The van der Waals surface area contributed by atoms with Gasteiger partial charge in [0.1, 0.15) is 5.75 Å². The normalized spacial score (nSPS) is 12.9. The molecule has 0 radical (unpaired) electrons. The van der Waals surface area contributed by atoms with E-state index in [0.717, 1.165) is 27.8 Å². The fraction of sp³-hybridized carbons (Fsp3) is 0.235. The van der Waals surface area contributed by atoms with Gasteiger partial charge in [0, 0.05) is 17.3 Å². The summed E-state index contributed by atoms with van der Waals surface area (Å²) in [6, 6.07) is 12.0. The SMILES string of the molecule is Cc1ccc(CC(=O)c2cc(Br)cc3c2OCC3)cc1. The summed E-state index contributed by atoms with van der Waals surface area (Å²) in [6.07, 6.45) is 1.28. The molecule has 1 aliphatic rings. The third-order valence-corrected chi connectivity index (χ3v) is 3.99.